The third kappa shape index (κ3) is 4.42. The molecule has 0 saturated carbocycles. The van der Waals surface area contributed by atoms with Crippen molar-refractivity contribution in [2.75, 3.05) is 11.9 Å². The molecule has 2 aromatic rings. The highest BCUT2D eigenvalue weighted by Gasteiger charge is 2.49. The first-order valence-electron chi connectivity index (χ1n) is 10.5. The zero-order valence-corrected chi connectivity index (χ0v) is 19.1. The number of rotatable bonds is 4. The number of likely N-dealkylation sites (tertiary alicyclic amines) is 1. The van der Waals surface area contributed by atoms with E-state index in [-0.39, 0.29) is 29.1 Å². The first-order chi connectivity index (χ1) is 13.8. The van der Waals surface area contributed by atoms with E-state index < -0.39 is 5.54 Å². The van der Waals surface area contributed by atoms with Crippen molar-refractivity contribution >= 4 is 17.6 Å². The minimum Gasteiger partial charge on any atom is -0.359 e. The lowest BCUT2D eigenvalue weighted by Gasteiger charge is -2.49. The third-order valence-corrected chi connectivity index (χ3v) is 5.87. The van der Waals surface area contributed by atoms with Crippen LogP contribution >= 0.6 is 0 Å². The van der Waals surface area contributed by atoms with E-state index in [9.17, 15) is 9.59 Å². The molecule has 1 N–H and O–H groups in total. The van der Waals surface area contributed by atoms with Crippen LogP contribution in [-0.4, -0.2) is 34.0 Å². The summed E-state index contributed by atoms with van der Waals surface area (Å²) in [6, 6.07) is 9.88. The van der Waals surface area contributed by atoms with Crippen molar-refractivity contribution in [3.05, 3.63) is 47.2 Å². The van der Waals surface area contributed by atoms with Gasteiger partial charge in [-0.05, 0) is 29.9 Å². The van der Waals surface area contributed by atoms with Crippen LogP contribution in [0.5, 0.6) is 0 Å². The van der Waals surface area contributed by atoms with Crippen LogP contribution in [0.4, 0.5) is 5.82 Å². The van der Waals surface area contributed by atoms with Crippen molar-refractivity contribution in [3.8, 4) is 0 Å². The first kappa shape index (κ1) is 22.1. The number of anilines is 1. The highest BCUT2D eigenvalue weighted by Crippen LogP contribution is 2.33. The molecule has 1 saturated heterocycles. The van der Waals surface area contributed by atoms with E-state index in [1.165, 1.54) is 5.56 Å². The van der Waals surface area contributed by atoms with E-state index in [4.69, 9.17) is 4.52 Å². The fraction of sp³-hybridized carbons (Fsp3) is 0.542. The summed E-state index contributed by atoms with van der Waals surface area (Å²) in [7, 11) is 0. The monoisotopic (exact) mass is 411 g/mol. The van der Waals surface area contributed by atoms with Crippen molar-refractivity contribution in [2.24, 2.45) is 0 Å². The summed E-state index contributed by atoms with van der Waals surface area (Å²) >= 11 is 0. The summed E-state index contributed by atoms with van der Waals surface area (Å²) < 4.78 is 5.34. The molecule has 6 nitrogen and oxygen atoms in total. The van der Waals surface area contributed by atoms with Crippen LogP contribution in [-0.2, 0) is 26.8 Å². The van der Waals surface area contributed by atoms with Gasteiger partial charge in [-0.25, -0.2) is 0 Å². The van der Waals surface area contributed by atoms with Crippen LogP contribution in [0.3, 0.4) is 0 Å². The minimum atomic E-state index is -0.872. The molecule has 0 radical (unpaired) electrons. The van der Waals surface area contributed by atoms with Gasteiger partial charge in [-0.1, -0.05) is 71.0 Å². The highest BCUT2D eigenvalue weighted by molar-refractivity contribution is 6.01. The SMILES string of the molecule is CC(C)(C)c1ccc(CC(=O)N2CCC2(C)C(=O)Nc2cc(C(C)(C)C)on2)cc1. The molecule has 0 spiro atoms. The zero-order chi connectivity index (χ0) is 22.3. The Morgan fingerprint density at radius 3 is 2.20 bits per heavy atom. The fourth-order valence-electron chi connectivity index (χ4n) is 3.53. The predicted molar refractivity (Wildman–Crippen MR) is 117 cm³/mol. The molecule has 2 heterocycles. The highest BCUT2D eigenvalue weighted by atomic mass is 16.5. The number of carbonyl (C=O) groups is 2. The molecule has 1 aromatic carbocycles. The summed E-state index contributed by atoms with van der Waals surface area (Å²) in [5.74, 6) is 0.795. The molecule has 6 heteroatoms. The van der Waals surface area contributed by atoms with Gasteiger partial charge < -0.3 is 14.7 Å². The summed E-state index contributed by atoms with van der Waals surface area (Å²) in [5.41, 5.74) is 1.19. The first-order valence-corrected chi connectivity index (χ1v) is 10.5. The molecule has 1 aliphatic heterocycles. The van der Waals surface area contributed by atoms with Crippen molar-refractivity contribution in [1.82, 2.24) is 10.1 Å². The van der Waals surface area contributed by atoms with E-state index in [1.807, 2.05) is 32.9 Å². The second kappa shape index (κ2) is 7.56. The van der Waals surface area contributed by atoms with Crippen LogP contribution < -0.4 is 5.32 Å². The lowest BCUT2D eigenvalue weighted by atomic mass is 9.84. The van der Waals surface area contributed by atoms with E-state index in [0.717, 1.165) is 5.56 Å². The molecule has 162 valence electrons. The second-order valence-electron chi connectivity index (χ2n) is 10.5. The Hall–Kier alpha value is -2.63. The molecule has 2 amide bonds. The fourth-order valence-corrected chi connectivity index (χ4v) is 3.53. The van der Waals surface area contributed by atoms with Crippen LogP contribution in [0.25, 0.3) is 0 Å². The zero-order valence-electron chi connectivity index (χ0n) is 19.1. The summed E-state index contributed by atoms with van der Waals surface area (Å²) in [5, 5.41) is 6.76. The van der Waals surface area contributed by atoms with Crippen LogP contribution in [0.2, 0.25) is 0 Å². The molecule has 3 rings (SSSR count). The largest absolute Gasteiger partial charge is 0.359 e. The van der Waals surface area contributed by atoms with Gasteiger partial charge in [0.15, 0.2) is 5.82 Å². The van der Waals surface area contributed by atoms with E-state index >= 15 is 0 Å². The smallest absolute Gasteiger partial charge is 0.251 e. The van der Waals surface area contributed by atoms with Crippen LogP contribution in [0, 0.1) is 0 Å². The average molecular weight is 412 g/mol. The topological polar surface area (TPSA) is 75.4 Å². The molecular weight excluding hydrogens is 378 g/mol. The normalized spacial score (nSPS) is 19.4. The van der Waals surface area contributed by atoms with E-state index in [1.54, 1.807) is 17.9 Å². The number of nitrogens with zero attached hydrogens (tertiary/aromatic N) is 2. The summed E-state index contributed by atoms with van der Waals surface area (Å²) in [4.78, 5) is 27.5. The molecule has 1 unspecified atom stereocenters. The van der Waals surface area contributed by atoms with Gasteiger partial charge in [0, 0.05) is 18.0 Å². The molecule has 1 aromatic heterocycles. The predicted octanol–water partition coefficient (Wildman–Crippen LogP) is 4.44. The molecule has 0 aliphatic carbocycles. The maximum Gasteiger partial charge on any atom is 0.251 e. The Morgan fingerprint density at radius 2 is 1.73 bits per heavy atom. The molecule has 0 bridgehead atoms. The van der Waals surface area contributed by atoms with Crippen molar-refractivity contribution in [3.63, 3.8) is 0 Å². The number of amides is 2. The van der Waals surface area contributed by atoms with Gasteiger partial charge in [-0.3, -0.25) is 9.59 Å². The van der Waals surface area contributed by atoms with Gasteiger partial charge >= 0.3 is 0 Å². The molecule has 1 atom stereocenters. The number of aromatic nitrogens is 1. The number of carbonyl (C=O) groups excluding carboxylic acids is 2. The Balaban J connectivity index is 1.65. The van der Waals surface area contributed by atoms with Gasteiger partial charge in [-0.2, -0.15) is 0 Å². The third-order valence-electron chi connectivity index (χ3n) is 5.87. The average Bonchev–Trinajstić information content (AvgIpc) is 3.08. The number of hydrogen-bond donors (Lipinski definition) is 1. The van der Waals surface area contributed by atoms with Gasteiger partial charge in [-0.15, -0.1) is 0 Å². The van der Waals surface area contributed by atoms with Gasteiger partial charge in [0.2, 0.25) is 5.91 Å². The summed E-state index contributed by atoms with van der Waals surface area (Å²) in [6.45, 7) is 14.9. The molecular formula is C24H33N3O3. The molecule has 1 aliphatic rings. The Bertz CT molecular complexity index is 932. The second-order valence-corrected chi connectivity index (χ2v) is 10.5. The molecule has 1 fully saturated rings. The van der Waals surface area contributed by atoms with E-state index in [2.05, 4.69) is 43.4 Å². The maximum atomic E-state index is 12.9. The van der Waals surface area contributed by atoms with Gasteiger partial charge in [0.05, 0.1) is 6.42 Å². The summed E-state index contributed by atoms with van der Waals surface area (Å²) in [6.07, 6.45) is 0.906. The Kier molecular flexibility index (Phi) is 5.56. The van der Waals surface area contributed by atoms with Crippen LogP contribution in [0.1, 0.15) is 71.8 Å². The maximum absolute atomic E-state index is 12.9. The van der Waals surface area contributed by atoms with Gasteiger partial charge in [0.1, 0.15) is 11.3 Å². The van der Waals surface area contributed by atoms with Crippen molar-refractivity contribution < 1.29 is 14.1 Å². The standard InChI is InChI=1S/C24H33N3O3/c1-22(2,3)17-10-8-16(9-11-17)14-20(28)27-13-12-24(27,7)21(29)25-19-15-18(30-26-19)23(4,5)6/h8-11,15H,12-14H2,1-7H3,(H,25,26,29). The van der Waals surface area contributed by atoms with Crippen molar-refractivity contribution in [2.45, 2.75) is 77.7 Å². The van der Waals surface area contributed by atoms with Crippen molar-refractivity contribution in [1.29, 1.82) is 0 Å². The number of nitrogens with one attached hydrogen (secondary N) is 1. The Morgan fingerprint density at radius 1 is 1.10 bits per heavy atom. The van der Waals surface area contributed by atoms with Gasteiger partial charge in [0.25, 0.3) is 5.91 Å². The molecule has 30 heavy (non-hydrogen) atoms. The Labute approximate surface area is 179 Å². The van der Waals surface area contributed by atoms with Crippen LogP contribution in [0.15, 0.2) is 34.9 Å². The minimum absolute atomic E-state index is 0.0436. The van der Waals surface area contributed by atoms with E-state index in [0.29, 0.717) is 24.5 Å². The quantitative estimate of drug-likeness (QED) is 0.807. The number of hydrogen-bond acceptors (Lipinski definition) is 4. The lowest BCUT2D eigenvalue weighted by molar-refractivity contribution is -0.154. The number of benzene rings is 1. The lowest BCUT2D eigenvalue weighted by Crippen LogP contribution is -2.66.